The number of rotatable bonds is 2. The topological polar surface area (TPSA) is 51.1 Å². The monoisotopic (exact) mass is 288 g/mol. The highest BCUT2D eigenvalue weighted by Crippen LogP contribution is 2.28. The molecule has 0 bridgehead atoms. The summed E-state index contributed by atoms with van der Waals surface area (Å²) in [4.78, 5) is 19.8. The fourth-order valence-electron chi connectivity index (χ4n) is 2.72. The van der Waals surface area contributed by atoms with Crippen molar-refractivity contribution >= 4 is 11.6 Å². The molecule has 2 aliphatic rings. The van der Waals surface area contributed by atoms with Crippen molar-refractivity contribution in [1.82, 2.24) is 4.90 Å². The number of carbonyl (C=O) groups excluding carboxylic acids is 1. The summed E-state index contributed by atoms with van der Waals surface area (Å²) in [5, 5.41) is 4.00. The number of carbonyl (C=O) groups is 1. The SMILES string of the molecule is CC1(C)CN(C(=O)C2=NOC(c3ccccc3)C2)CCO1. The molecule has 0 radical (unpaired) electrons. The van der Waals surface area contributed by atoms with Crippen LogP contribution in [0.2, 0.25) is 0 Å². The number of ether oxygens (including phenoxy) is 1. The molecule has 112 valence electrons. The highest BCUT2D eigenvalue weighted by molar-refractivity contribution is 6.39. The van der Waals surface area contributed by atoms with Crippen LogP contribution in [0.25, 0.3) is 0 Å². The van der Waals surface area contributed by atoms with Gasteiger partial charge in [-0.1, -0.05) is 35.5 Å². The van der Waals surface area contributed by atoms with Gasteiger partial charge in [-0.3, -0.25) is 4.79 Å². The maximum Gasteiger partial charge on any atom is 0.271 e. The standard InChI is InChI=1S/C16H20N2O3/c1-16(2)11-18(8-9-20-16)15(19)13-10-14(21-17-13)12-6-4-3-5-7-12/h3-7,14H,8-11H2,1-2H3. The number of oxime groups is 1. The van der Waals surface area contributed by atoms with E-state index in [1.165, 1.54) is 0 Å². The van der Waals surface area contributed by atoms with Gasteiger partial charge in [0.1, 0.15) is 5.71 Å². The summed E-state index contributed by atoms with van der Waals surface area (Å²) in [6.45, 7) is 5.74. The summed E-state index contributed by atoms with van der Waals surface area (Å²) >= 11 is 0. The van der Waals surface area contributed by atoms with Gasteiger partial charge in [0.25, 0.3) is 5.91 Å². The second-order valence-corrected chi connectivity index (χ2v) is 6.08. The molecule has 21 heavy (non-hydrogen) atoms. The Morgan fingerprint density at radius 3 is 2.81 bits per heavy atom. The first-order chi connectivity index (χ1) is 10.1. The van der Waals surface area contributed by atoms with Crippen molar-refractivity contribution in [1.29, 1.82) is 0 Å². The molecule has 1 aromatic carbocycles. The van der Waals surface area contributed by atoms with Gasteiger partial charge in [0.2, 0.25) is 0 Å². The Morgan fingerprint density at radius 2 is 2.10 bits per heavy atom. The van der Waals surface area contributed by atoms with Crippen molar-refractivity contribution in [2.75, 3.05) is 19.7 Å². The van der Waals surface area contributed by atoms with E-state index in [-0.39, 0.29) is 17.6 Å². The van der Waals surface area contributed by atoms with Gasteiger partial charge in [0, 0.05) is 19.5 Å². The zero-order valence-electron chi connectivity index (χ0n) is 12.4. The van der Waals surface area contributed by atoms with Crippen LogP contribution in [0.1, 0.15) is 31.9 Å². The molecule has 1 fully saturated rings. The molecule has 5 heteroatoms. The van der Waals surface area contributed by atoms with E-state index in [1.54, 1.807) is 4.90 Å². The van der Waals surface area contributed by atoms with Gasteiger partial charge in [0.05, 0.1) is 12.2 Å². The molecule has 1 unspecified atom stereocenters. The van der Waals surface area contributed by atoms with E-state index < -0.39 is 0 Å². The summed E-state index contributed by atoms with van der Waals surface area (Å²) in [7, 11) is 0. The average molecular weight is 288 g/mol. The summed E-state index contributed by atoms with van der Waals surface area (Å²) in [5.41, 5.74) is 1.25. The summed E-state index contributed by atoms with van der Waals surface area (Å²) in [6, 6.07) is 9.87. The summed E-state index contributed by atoms with van der Waals surface area (Å²) in [5.74, 6) is -0.0372. The van der Waals surface area contributed by atoms with Crippen LogP contribution in [-0.4, -0.2) is 41.8 Å². The average Bonchev–Trinajstić information content (AvgIpc) is 2.96. The summed E-state index contributed by atoms with van der Waals surface area (Å²) in [6.07, 6.45) is 0.375. The van der Waals surface area contributed by atoms with Crippen LogP contribution in [0.15, 0.2) is 35.5 Å². The highest BCUT2D eigenvalue weighted by Gasteiger charge is 2.35. The van der Waals surface area contributed by atoms with Crippen LogP contribution in [0.3, 0.4) is 0 Å². The van der Waals surface area contributed by atoms with E-state index in [9.17, 15) is 4.79 Å². The minimum atomic E-state index is -0.299. The largest absolute Gasteiger partial charge is 0.387 e. The lowest BCUT2D eigenvalue weighted by molar-refractivity contribution is -0.139. The quantitative estimate of drug-likeness (QED) is 0.838. The van der Waals surface area contributed by atoms with Gasteiger partial charge in [0.15, 0.2) is 6.10 Å². The molecule has 2 heterocycles. The van der Waals surface area contributed by atoms with Crippen molar-refractivity contribution in [3.63, 3.8) is 0 Å². The van der Waals surface area contributed by atoms with Gasteiger partial charge in [-0.25, -0.2) is 0 Å². The Hall–Kier alpha value is -1.88. The third-order valence-electron chi connectivity index (χ3n) is 3.80. The van der Waals surface area contributed by atoms with Gasteiger partial charge in [-0.2, -0.15) is 0 Å². The van der Waals surface area contributed by atoms with Crippen molar-refractivity contribution in [2.45, 2.75) is 32.0 Å². The molecule has 1 saturated heterocycles. The predicted molar refractivity (Wildman–Crippen MR) is 78.9 cm³/mol. The van der Waals surface area contributed by atoms with E-state index in [1.807, 2.05) is 44.2 Å². The molecule has 1 aromatic rings. The number of morpholine rings is 1. The van der Waals surface area contributed by atoms with Gasteiger partial charge in [-0.05, 0) is 19.4 Å². The number of benzene rings is 1. The van der Waals surface area contributed by atoms with Gasteiger partial charge < -0.3 is 14.5 Å². The third-order valence-corrected chi connectivity index (χ3v) is 3.80. The lowest BCUT2D eigenvalue weighted by atomic mass is 10.0. The van der Waals surface area contributed by atoms with Crippen LogP contribution in [0, 0.1) is 0 Å². The van der Waals surface area contributed by atoms with Crippen LogP contribution < -0.4 is 0 Å². The van der Waals surface area contributed by atoms with E-state index in [2.05, 4.69) is 5.16 Å². The first kappa shape index (κ1) is 14.1. The van der Waals surface area contributed by atoms with Crippen LogP contribution >= 0.6 is 0 Å². The molecule has 5 nitrogen and oxygen atoms in total. The third kappa shape index (κ3) is 3.08. The maximum atomic E-state index is 12.5. The lowest BCUT2D eigenvalue weighted by Crippen LogP contribution is -2.52. The number of nitrogens with zero attached hydrogens (tertiary/aromatic N) is 2. The summed E-state index contributed by atoms with van der Waals surface area (Å²) < 4.78 is 5.63. The van der Waals surface area contributed by atoms with Crippen molar-refractivity contribution in [3.8, 4) is 0 Å². The molecule has 0 aromatic heterocycles. The van der Waals surface area contributed by atoms with Gasteiger partial charge in [-0.15, -0.1) is 0 Å². The van der Waals surface area contributed by atoms with Crippen molar-refractivity contribution in [2.24, 2.45) is 5.16 Å². The zero-order chi connectivity index (χ0) is 14.9. The molecule has 3 rings (SSSR count). The molecule has 0 aliphatic carbocycles. The van der Waals surface area contributed by atoms with E-state index in [0.717, 1.165) is 5.56 Å². The van der Waals surface area contributed by atoms with Crippen LogP contribution in [0.4, 0.5) is 0 Å². The second kappa shape index (κ2) is 5.48. The number of hydrogen-bond acceptors (Lipinski definition) is 4. The molecule has 1 amide bonds. The van der Waals surface area contributed by atoms with Crippen LogP contribution in [-0.2, 0) is 14.4 Å². The fraction of sp³-hybridized carbons (Fsp3) is 0.500. The molecular formula is C16H20N2O3. The molecule has 2 aliphatic heterocycles. The van der Waals surface area contributed by atoms with Crippen LogP contribution in [0.5, 0.6) is 0 Å². The minimum absolute atomic E-state index is 0.0372. The first-order valence-electron chi connectivity index (χ1n) is 7.26. The number of amides is 1. The predicted octanol–water partition coefficient (Wildman–Crippen LogP) is 2.14. The minimum Gasteiger partial charge on any atom is -0.387 e. The normalized spacial score (nSPS) is 24.4. The highest BCUT2D eigenvalue weighted by atomic mass is 16.6. The van der Waals surface area contributed by atoms with Gasteiger partial charge >= 0.3 is 0 Å². The second-order valence-electron chi connectivity index (χ2n) is 6.08. The van der Waals surface area contributed by atoms with Crippen molar-refractivity contribution in [3.05, 3.63) is 35.9 Å². The Kier molecular flexibility index (Phi) is 3.68. The fourth-order valence-corrected chi connectivity index (χ4v) is 2.72. The molecule has 0 N–H and O–H groups in total. The number of hydrogen-bond donors (Lipinski definition) is 0. The molecule has 1 atom stereocenters. The van der Waals surface area contributed by atoms with E-state index >= 15 is 0 Å². The Morgan fingerprint density at radius 1 is 1.33 bits per heavy atom. The molecular weight excluding hydrogens is 268 g/mol. The molecule has 0 saturated carbocycles. The van der Waals surface area contributed by atoms with E-state index in [0.29, 0.717) is 31.8 Å². The zero-order valence-corrected chi connectivity index (χ0v) is 12.4. The maximum absolute atomic E-state index is 12.5. The Balaban J connectivity index is 1.64. The smallest absolute Gasteiger partial charge is 0.271 e. The van der Waals surface area contributed by atoms with Crippen molar-refractivity contribution < 1.29 is 14.4 Å². The molecule has 0 spiro atoms. The Labute approximate surface area is 124 Å². The first-order valence-corrected chi connectivity index (χ1v) is 7.26. The Bertz CT molecular complexity index is 554. The lowest BCUT2D eigenvalue weighted by Gasteiger charge is -2.37. The van der Waals surface area contributed by atoms with E-state index in [4.69, 9.17) is 9.57 Å².